The molecule has 1 aliphatic rings. The molecule has 0 bridgehead atoms. The van der Waals surface area contributed by atoms with Gasteiger partial charge in [0.25, 0.3) is 0 Å². The maximum Gasteiger partial charge on any atom is 0.236 e. The Hall–Kier alpha value is -1.59. The Kier molecular flexibility index (Phi) is 5.97. The third-order valence-electron chi connectivity index (χ3n) is 4.39. The van der Waals surface area contributed by atoms with Gasteiger partial charge < -0.3 is 9.80 Å². The van der Waals surface area contributed by atoms with Crippen LogP contribution < -0.4 is 4.90 Å². The van der Waals surface area contributed by atoms with E-state index < -0.39 is 4.83 Å². The summed E-state index contributed by atoms with van der Waals surface area (Å²) in [6, 6.07) is 14.3. The molecule has 1 aliphatic heterocycles. The standard InChI is InChI=1S/C19H19BrClFN2O/c20-17(12-14-4-1-2-7-18(14)22)19(25)24-10-8-23(9-11-24)16-6-3-5-15(21)13-16/h1-7,13,17H,8-12H2. The van der Waals surface area contributed by atoms with Gasteiger partial charge in [-0.25, -0.2) is 4.39 Å². The minimum absolute atomic E-state index is 0.00833. The zero-order valence-corrected chi connectivity index (χ0v) is 16.0. The summed E-state index contributed by atoms with van der Waals surface area (Å²) in [6.45, 7) is 2.80. The van der Waals surface area contributed by atoms with Gasteiger partial charge in [-0.15, -0.1) is 0 Å². The number of anilines is 1. The number of piperazine rings is 1. The first-order valence-corrected chi connectivity index (χ1v) is 9.51. The number of alkyl halides is 1. The molecule has 1 amide bonds. The molecule has 1 unspecified atom stereocenters. The number of nitrogens with zero attached hydrogens (tertiary/aromatic N) is 2. The summed E-state index contributed by atoms with van der Waals surface area (Å²) in [7, 11) is 0. The Balaban J connectivity index is 1.57. The highest BCUT2D eigenvalue weighted by atomic mass is 79.9. The van der Waals surface area contributed by atoms with Crippen LogP contribution in [0.3, 0.4) is 0 Å². The summed E-state index contributed by atoms with van der Waals surface area (Å²) in [5, 5.41) is 0.710. The van der Waals surface area contributed by atoms with Gasteiger partial charge in [-0.3, -0.25) is 4.79 Å². The average molecular weight is 426 g/mol. The number of carbonyl (C=O) groups is 1. The van der Waals surface area contributed by atoms with Gasteiger partial charge >= 0.3 is 0 Å². The Bertz CT molecular complexity index is 750. The maximum atomic E-state index is 13.8. The van der Waals surface area contributed by atoms with Crippen LogP contribution in [0.1, 0.15) is 5.56 Å². The number of amides is 1. The predicted molar refractivity (Wildman–Crippen MR) is 103 cm³/mol. The summed E-state index contributed by atoms with van der Waals surface area (Å²) in [5.74, 6) is -0.264. The third kappa shape index (κ3) is 4.53. The quantitative estimate of drug-likeness (QED) is 0.688. The lowest BCUT2D eigenvalue weighted by atomic mass is 10.1. The van der Waals surface area contributed by atoms with E-state index in [1.807, 2.05) is 29.2 Å². The van der Waals surface area contributed by atoms with Gasteiger partial charge in [0.2, 0.25) is 5.91 Å². The van der Waals surface area contributed by atoms with E-state index >= 15 is 0 Å². The van der Waals surface area contributed by atoms with Gasteiger partial charge in [-0.2, -0.15) is 0 Å². The van der Waals surface area contributed by atoms with E-state index in [2.05, 4.69) is 20.8 Å². The molecule has 1 heterocycles. The van der Waals surface area contributed by atoms with Gasteiger partial charge in [0, 0.05) is 36.9 Å². The fraction of sp³-hybridized carbons (Fsp3) is 0.316. The minimum Gasteiger partial charge on any atom is -0.368 e. The number of rotatable bonds is 4. The van der Waals surface area contributed by atoms with Crippen molar-refractivity contribution in [3.05, 3.63) is 64.9 Å². The van der Waals surface area contributed by atoms with Crippen LogP contribution in [-0.2, 0) is 11.2 Å². The van der Waals surface area contributed by atoms with E-state index in [1.54, 1.807) is 18.2 Å². The van der Waals surface area contributed by atoms with Gasteiger partial charge in [0.15, 0.2) is 0 Å². The monoisotopic (exact) mass is 424 g/mol. The number of hydrogen-bond donors (Lipinski definition) is 0. The second-order valence-corrected chi connectivity index (χ2v) is 7.60. The van der Waals surface area contributed by atoms with Crippen molar-refractivity contribution in [1.29, 1.82) is 0 Å². The molecule has 0 N–H and O–H groups in total. The highest BCUT2D eigenvalue weighted by molar-refractivity contribution is 9.10. The number of hydrogen-bond acceptors (Lipinski definition) is 2. The van der Waals surface area contributed by atoms with Gasteiger partial charge in [0.1, 0.15) is 5.82 Å². The first-order chi connectivity index (χ1) is 12.0. The molecule has 1 fully saturated rings. The second-order valence-electron chi connectivity index (χ2n) is 6.06. The highest BCUT2D eigenvalue weighted by Gasteiger charge is 2.26. The topological polar surface area (TPSA) is 23.6 Å². The number of halogens is 3. The van der Waals surface area contributed by atoms with Crippen molar-refractivity contribution in [2.24, 2.45) is 0 Å². The van der Waals surface area contributed by atoms with Crippen molar-refractivity contribution >= 4 is 39.1 Å². The van der Waals surface area contributed by atoms with E-state index in [-0.39, 0.29) is 11.7 Å². The molecule has 2 aromatic rings. The fourth-order valence-corrected chi connectivity index (χ4v) is 3.82. The number of carbonyl (C=O) groups excluding carboxylic acids is 1. The zero-order chi connectivity index (χ0) is 17.8. The molecule has 1 saturated heterocycles. The summed E-state index contributed by atoms with van der Waals surface area (Å²) >= 11 is 9.48. The Morgan fingerprint density at radius 2 is 1.84 bits per heavy atom. The van der Waals surface area contributed by atoms with Crippen LogP contribution >= 0.6 is 27.5 Å². The van der Waals surface area contributed by atoms with Crippen LogP contribution in [0.4, 0.5) is 10.1 Å². The van der Waals surface area contributed by atoms with Crippen LogP contribution in [0.2, 0.25) is 5.02 Å². The van der Waals surface area contributed by atoms with Crippen molar-refractivity contribution in [3.63, 3.8) is 0 Å². The van der Waals surface area contributed by atoms with Crippen LogP contribution in [0, 0.1) is 5.82 Å². The van der Waals surface area contributed by atoms with E-state index in [4.69, 9.17) is 11.6 Å². The lowest BCUT2D eigenvalue weighted by molar-refractivity contribution is -0.130. The molecule has 0 radical (unpaired) electrons. The first-order valence-electron chi connectivity index (χ1n) is 8.21. The molecule has 3 nitrogen and oxygen atoms in total. The molecule has 25 heavy (non-hydrogen) atoms. The van der Waals surface area contributed by atoms with Crippen molar-refractivity contribution in [3.8, 4) is 0 Å². The predicted octanol–water partition coefficient (Wildman–Crippen LogP) is 4.13. The largest absolute Gasteiger partial charge is 0.368 e. The van der Waals surface area contributed by atoms with Crippen LogP contribution in [0.5, 0.6) is 0 Å². The van der Waals surface area contributed by atoms with E-state index in [0.29, 0.717) is 30.1 Å². The summed E-state index contributed by atoms with van der Waals surface area (Å²) in [5.41, 5.74) is 1.62. The third-order valence-corrected chi connectivity index (χ3v) is 5.34. The maximum absolute atomic E-state index is 13.8. The van der Waals surface area contributed by atoms with Gasteiger partial charge in [-0.1, -0.05) is 51.8 Å². The van der Waals surface area contributed by atoms with Crippen molar-refractivity contribution in [2.45, 2.75) is 11.2 Å². The lowest BCUT2D eigenvalue weighted by Crippen LogP contribution is -2.51. The molecule has 0 saturated carbocycles. The highest BCUT2D eigenvalue weighted by Crippen LogP contribution is 2.22. The second kappa shape index (κ2) is 8.19. The average Bonchev–Trinajstić information content (AvgIpc) is 2.63. The van der Waals surface area contributed by atoms with E-state index in [1.165, 1.54) is 6.07 Å². The molecule has 2 aromatic carbocycles. The van der Waals surface area contributed by atoms with Crippen LogP contribution in [0.15, 0.2) is 48.5 Å². The van der Waals surface area contributed by atoms with Crippen molar-refractivity contribution < 1.29 is 9.18 Å². The summed E-state index contributed by atoms with van der Waals surface area (Å²) < 4.78 is 13.8. The van der Waals surface area contributed by atoms with Gasteiger partial charge in [-0.05, 0) is 36.2 Å². The van der Waals surface area contributed by atoms with Crippen LogP contribution in [-0.4, -0.2) is 41.8 Å². The zero-order valence-electron chi connectivity index (χ0n) is 13.7. The van der Waals surface area contributed by atoms with E-state index in [9.17, 15) is 9.18 Å². The Morgan fingerprint density at radius 1 is 1.12 bits per heavy atom. The van der Waals surface area contributed by atoms with Crippen molar-refractivity contribution in [1.82, 2.24) is 4.90 Å². The lowest BCUT2D eigenvalue weighted by Gasteiger charge is -2.37. The molecule has 0 aliphatic carbocycles. The molecule has 6 heteroatoms. The van der Waals surface area contributed by atoms with Crippen LogP contribution in [0.25, 0.3) is 0 Å². The Morgan fingerprint density at radius 3 is 2.52 bits per heavy atom. The molecule has 3 rings (SSSR count). The number of benzene rings is 2. The summed E-state index contributed by atoms with van der Waals surface area (Å²) in [6.07, 6.45) is 0.347. The van der Waals surface area contributed by atoms with Gasteiger partial charge in [0.05, 0.1) is 4.83 Å². The normalized spacial score (nSPS) is 16.0. The fourth-order valence-electron chi connectivity index (χ4n) is 3.00. The molecular formula is C19H19BrClFN2O. The first kappa shape index (κ1) is 18.2. The Labute approximate surface area is 160 Å². The SMILES string of the molecule is O=C(C(Br)Cc1ccccc1F)N1CCN(c2cccc(Cl)c2)CC1. The minimum atomic E-state index is -0.415. The summed E-state index contributed by atoms with van der Waals surface area (Å²) in [4.78, 5) is 16.3. The smallest absolute Gasteiger partial charge is 0.236 e. The molecule has 132 valence electrons. The molecular weight excluding hydrogens is 407 g/mol. The van der Waals surface area contributed by atoms with Crippen molar-refractivity contribution in [2.75, 3.05) is 31.1 Å². The van der Waals surface area contributed by atoms with E-state index in [0.717, 1.165) is 18.8 Å². The molecule has 1 atom stereocenters. The molecule has 0 aromatic heterocycles. The molecule has 0 spiro atoms.